The Labute approximate surface area is 119 Å². The zero-order valence-electron chi connectivity index (χ0n) is 11.1. The Kier molecular flexibility index (Phi) is 4.16. The molecule has 1 saturated heterocycles. The van der Waals surface area contributed by atoms with Gasteiger partial charge in [0.05, 0.1) is 5.00 Å². The van der Waals surface area contributed by atoms with E-state index in [0.29, 0.717) is 0 Å². The molecule has 0 amide bonds. The molecule has 1 N–H and O–H groups in total. The third-order valence-corrected chi connectivity index (χ3v) is 4.71. The molecule has 1 radical (unpaired) electrons. The van der Waals surface area contributed by atoms with E-state index in [-0.39, 0.29) is 0 Å². The molecule has 2 aromatic rings. The number of nitrogens with zero attached hydrogens (tertiary/aromatic N) is 1. The van der Waals surface area contributed by atoms with Gasteiger partial charge in [0.1, 0.15) is 0 Å². The highest BCUT2D eigenvalue weighted by molar-refractivity contribution is 7.16. The molecule has 1 aliphatic heterocycles. The fraction of sp³-hybridized carbons (Fsp3) is 0.375. The Morgan fingerprint density at radius 1 is 1.16 bits per heavy atom. The first kappa shape index (κ1) is 12.7. The van der Waals surface area contributed by atoms with Gasteiger partial charge in [-0.3, -0.25) is 0 Å². The monoisotopic (exact) mass is 271 g/mol. The number of rotatable bonds is 4. The average Bonchev–Trinajstić information content (AvgIpc) is 2.96. The van der Waals surface area contributed by atoms with Crippen LogP contribution in [0.25, 0.3) is 0 Å². The Morgan fingerprint density at radius 2 is 2.05 bits per heavy atom. The zero-order valence-corrected chi connectivity index (χ0v) is 11.9. The summed E-state index contributed by atoms with van der Waals surface area (Å²) in [6, 6.07) is 16.0. The van der Waals surface area contributed by atoms with E-state index < -0.39 is 0 Å². The maximum absolute atomic E-state index is 3.40. The van der Waals surface area contributed by atoms with Crippen LogP contribution in [0.5, 0.6) is 0 Å². The highest BCUT2D eigenvalue weighted by atomic mass is 32.1. The molecule has 1 fully saturated rings. The minimum Gasteiger partial charge on any atom is -0.361 e. The summed E-state index contributed by atoms with van der Waals surface area (Å²) in [6.07, 6.45) is 2.24. The van der Waals surface area contributed by atoms with Crippen LogP contribution in [-0.2, 0) is 12.8 Å². The van der Waals surface area contributed by atoms with Gasteiger partial charge < -0.3 is 10.2 Å². The Morgan fingerprint density at radius 3 is 2.84 bits per heavy atom. The zero-order chi connectivity index (χ0) is 12.9. The second kappa shape index (κ2) is 6.22. The summed E-state index contributed by atoms with van der Waals surface area (Å²) in [5.41, 5.74) is 1.37. The Hall–Kier alpha value is -1.32. The molecular weight excluding hydrogens is 252 g/mol. The smallest absolute Gasteiger partial charge is 0.0912 e. The SMILES string of the molecule is [c]1cccc(CCc2ccc(N3CCNCC3)s2)c1. The third kappa shape index (κ3) is 3.37. The van der Waals surface area contributed by atoms with Crippen LogP contribution < -0.4 is 10.2 Å². The fourth-order valence-electron chi connectivity index (χ4n) is 2.41. The van der Waals surface area contributed by atoms with Gasteiger partial charge in [-0.05, 0) is 36.6 Å². The van der Waals surface area contributed by atoms with Gasteiger partial charge in [-0.15, -0.1) is 11.3 Å². The van der Waals surface area contributed by atoms with Crippen LogP contribution in [0.2, 0.25) is 0 Å². The van der Waals surface area contributed by atoms with Crippen LogP contribution in [0.3, 0.4) is 0 Å². The minimum atomic E-state index is 1.10. The number of hydrogen-bond acceptors (Lipinski definition) is 3. The van der Waals surface area contributed by atoms with E-state index in [1.165, 1.54) is 15.4 Å². The molecule has 0 spiro atoms. The molecule has 1 aromatic heterocycles. The van der Waals surface area contributed by atoms with Gasteiger partial charge in [-0.1, -0.05) is 24.3 Å². The minimum absolute atomic E-state index is 1.10. The van der Waals surface area contributed by atoms with Crippen LogP contribution in [0.1, 0.15) is 10.4 Å². The first-order chi connectivity index (χ1) is 9.42. The summed E-state index contributed by atoms with van der Waals surface area (Å²) < 4.78 is 0. The predicted octanol–water partition coefficient (Wildman–Crippen LogP) is 2.74. The molecule has 1 aliphatic rings. The highest BCUT2D eigenvalue weighted by Gasteiger charge is 2.12. The lowest BCUT2D eigenvalue weighted by Crippen LogP contribution is -2.43. The van der Waals surface area contributed by atoms with Crippen LogP contribution in [0.4, 0.5) is 5.00 Å². The van der Waals surface area contributed by atoms with Gasteiger partial charge >= 0.3 is 0 Å². The molecule has 3 heteroatoms. The summed E-state index contributed by atoms with van der Waals surface area (Å²) in [7, 11) is 0. The summed E-state index contributed by atoms with van der Waals surface area (Å²) >= 11 is 1.95. The van der Waals surface area contributed by atoms with E-state index in [0.717, 1.165) is 39.0 Å². The van der Waals surface area contributed by atoms with Crippen molar-refractivity contribution in [3.8, 4) is 0 Å². The van der Waals surface area contributed by atoms with Crippen LogP contribution in [0.15, 0.2) is 36.4 Å². The van der Waals surface area contributed by atoms with Crippen molar-refractivity contribution in [2.24, 2.45) is 0 Å². The molecular formula is C16H19N2S. The maximum atomic E-state index is 3.40. The molecule has 0 atom stereocenters. The second-order valence-corrected chi connectivity index (χ2v) is 6.04. The highest BCUT2D eigenvalue weighted by Crippen LogP contribution is 2.27. The summed E-state index contributed by atoms with van der Waals surface area (Å²) in [6.45, 7) is 4.47. The standard InChI is InChI=1S/C16H19N2S/c1-2-4-14(5-3-1)6-7-15-8-9-16(19-15)18-12-10-17-11-13-18/h1-2,4-5,8-9,17H,6-7,10-13H2. The third-order valence-electron chi connectivity index (χ3n) is 3.51. The normalized spacial score (nSPS) is 15.7. The van der Waals surface area contributed by atoms with Gasteiger partial charge in [0, 0.05) is 31.1 Å². The van der Waals surface area contributed by atoms with Gasteiger partial charge in [-0.25, -0.2) is 0 Å². The fourth-order valence-corrected chi connectivity index (χ4v) is 3.47. The van der Waals surface area contributed by atoms with Crippen molar-refractivity contribution in [2.75, 3.05) is 31.1 Å². The largest absolute Gasteiger partial charge is 0.361 e. The van der Waals surface area contributed by atoms with E-state index >= 15 is 0 Å². The average molecular weight is 271 g/mol. The predicted molar refractivity (Wildman–Crippen MR) is 82.1 cm³/mol. The molecule has 2 nitrogen and oxygen atoms in total. The van der Waals surface area contributed by atoms with Crippen LogP contribution >= 0.6 is 11.3 Å². The maximum Gasteiger partial charge on any atom is 0.0912 e. The topological polar surface area (TPSA) is 15.3 Å². The van der Waals surface area contributed by atoms with Gasteiger partial charge in [0.2, 0.25) is 0 Å². The van der Waals surface area contributed by atoms with E-state index in [1.807, 2.05) is 17.4 Å². The molecule has 0 aliphatic carbocycles. The number of aryl methyl sites for hydroxylation is 2. The number of nitrogens with one attached hydrogen (secondary N) is 1. The summed E-state index contributed by atoms with van der Waals surface area (Å²) in [5, 5.41) is 4.82. The van der Waals surface area contributed by atoms with E-state index in [9.17, 15) is 0 Å². The molecule has 2 heterocycles. The van der Waals surface area contributed by atoms with Crippen molar-refractivity contribution in [2.45, 2.75) is 12.8 Å². The molecule has 3 rings (SSSR count). The number of benzene rings is 1. The van der Waals surface area contributed by atoms with Crippen molar-refractivity contribution < 1.29 is 0 Å². The molecule has 1 aromatic carbocycles. The van der Waals surface area contributed by atoms with Crippen molar-refractivity contribution in [3.05, 3.63) is 52.9 Å². The first-order valence-electron chi connectivity index (χ1n) is 6.91. The number of piperazine rings is 1. The van der Waals surface area contributed by atoms with Crippen molar-refractivity contribution in [1.29, 1.82) is 0 Å². The van der Waals surface area contributed by atoms with E-state index in [2.05, 4.69) is 46.6 Å². The molecule has 0 saturated carbocycles. The number of hydrogen-bond donors (Lipinski definition) is 1. The molecule has 99 valence electrons. The molecule has 0 unspecified atom stereocenters. The second-order valence-electron chi connectivity index (χ2n) is 4.89. The summed E-state index contributed by atoms with van der Waals surface area (Å²) in [5.74, 6) is 0. The Balaban J connectivity index is 1.58. The van der Waals surface area contributed by atoms with E-state index in [1.54, 1.807) is 0 Å². The number of anilines is 1. The first-order valence-corrected chi connectivity index (χ1v) is 7.73. The van der Waals surface area contributed by atoms with Crippen LogP contribution in [0, 0.1) is 6.07 Å². The van der Waals surface area contributed by atoms with Crippen molar-refractivity contribution in [1.82, 2.24) is 5.32 Å². The lowest BCUT2D eigenvalue weighted by atomic mass is 10.1. The van der Waals surface area contributed by atoms with E-state index in [4.69, 9.17) is 0 Å². The summed E-state index contributed by atoms with van der Waals surface area (Å²) in [4.78, 5) is 3.97. The molecule has 19 heavy (non-hydrogen) atoms. The van der Waals surface area contributed by atoms with Crippen LogP contribution in [-0.4, -0.2) is 26.2 Å². The van der Waals surface area contributed by atoms with Crippen molar-refractivity contribution >= 4 is 16.3 Å². The molecule has 0 bridgehead atoms. The lowest BCUT2D eigenvalue weighted by Gasteiger charge is -2.27. The Bertz CT molecular complexity index is 500. The lowest BCUT2D eigenvalue weighted by molar-refractivity contribution is 0.592. The number of thiophene rings is 1. The quantitative estimate of drug-likeness (QED) is 0.920. The van der Waals surface area contributed by atoms with Gasteiger partial charge in [0.25, 0.3) is 0 Å². The van der Waals surface area contributed by atoms with Gasteiger partial charge in [0.15, 0.2) is 0 Å². The van der Waals surface area contributed by atoms with Gasteiger partial charge in [-0.2, -0.15) is 0 Å². The van der Waals surface area contributed by atoms with Crippen molar-refractivity contribution in [3.63, 3.8) is 0 Å².